The van der Waals surface area contributed by atoms with E-state index < -0.39 is 5.60 Å². The van der Waals surface area contributed by atoms with E-state index in [4.69, 9.17) is 0 Å². The maximum absolute atomic E-state index is 10.3. The van der Waals surface area contributed by atoms with Gasteiger partial charge in [-0.05, 0) is 35.4 Å². The Bertz CT molecular complexity index is 533. The molecule has 1 saturated carbocycles. The predicted molar refractivity (Wildman–Crippen MR) is 71.1 cm³/mol. The van der Waals surface area contributed by atoms with Crippen LogP contribution in [-0.2, 0) is 0 Å². The van der Waals surface area contributed by atoms with Crippen LogP contribution in [0, 0.1) is 0 Å². The molecule has 1 aliphatic carbocycles. The molecule has 0 unspecified atom stereocenters. The minimum atomic E-state index is -0.618. The maximum atomic E-state index is 10.3. The molecule has 0 amide bonds. The van der Waals surface area contributed by atoms with E-state index in [0.717, 1.165) is 31.4 Å². The topological polar surface area (TPSA) is 75.9 Å². The fourth-order valence-corrected chi connectivity index (χ4v) is 2.49. The van der Waals surface area contributed by atoms with Crippen LogP contribution in [-0.4, -0.2) is 37.5 Å². The van der Waals surface area contributed by atoms with E-state index in [2.05, 4.69) is 20.8 Å². The first-order valence-electron chi connectivity index (χ1n) is 6.57. The van der Waals surface area contributed by atoms with Crippen molar-refractivity contribution < 1.29 is 5.11 Å². The number of benzene rings is 1. The highest BCUT2D eigenvalue weighted by Crippen LogP contribution is 2.29. The number of nitrogens with zero attached hydrogens (tertiary/aromatic N) is 4. The van der Waals surface area contributed by atoms with Crippen molar-refractivity contribution >= 4 is 5.95 Å². The molecule has 0 spiro atoms. The second-order valence-electron chi connectivity index (χ2n) is 5.03. The lowest BCUT2D eigenvalue weighted by atomic mass is 10.0. The van der Waals surface area contributed by atoms with Crippen molar-refractivity contribution in [2.24, 2.45) is 0 Å². The van der Waals surface area contributed by atoms with E-state index in [0.29, 0.717) is 12.5 Å². The maximum Gasteiger partial charge on any atom is 0.247 e. The molecule has 0 saturated heterocycles. The monoisotopic (exact) mass is 259 g/mol. The molecule has 6 heteroatoms. The molecule has 1 aromatic carbocycles. The third-order valence-corrected chi connectivity index (χ3v) is 3.58. The van der Waals surface area contributed by atoms with Crippen molar-refractivity contribution in [2.75, 3.05) is 11.9 Å². The zero-order valence-corrected chi connectivity index (χ0v) is 10.7. The van der Waals surface area contributed by atoms with Gasteiger partial charge in [0.2, 0.25) is 5.95 Å². The van der Waals surface area contributed by atoms with E-state index in [1.807, 2.05) is 30.3 Å². The van der Waals surface area contributed by atoms with Gasteiger partial charge in [0.1, 0.15) is 0 Å². The number of nitrogens with one attached hydrogen (secondary N) is 1. The average molecular weight is 259 g/mol. The van der Waals surface area contributed by atoms with Crippen molar-refractivity contribution in [3.8, 4) is 5.69 Å². The summed E-state index contributed by atoms with van der Waals surface area (Å²) in [6.07, 6.45) is 3.85. The third kappa shape index (κ3) is 2.58. The lowest BCUT2D eigenvalue weighted by Crippen LogP contribution is -2.34. The molecule has 3 rings (SSSR count). The van der Waals surface area contributed by atoms with Crippen LogP contribution in [0.2, 0.25) is 0 Å². The first kappa shape index (κ1) is 12.1. The van der Waals surface area contributed by atoms with Crippen molar-refractivity contribution in [1.29, 1.82) is 0 Å². The second-order valence-corrected chi connectivity index (χ2v) is 5.03. The third-order valence-electron chi connectivity index (χ3n) is 3.58. The second kappa shape index (κ2) is 4.97. The van der Waals surface area contributed by atoms with Gasteiger partial charge in [-0.3, -0.25) is 0 Å². The molecule has 6 nitrogen and oxygen atoms in total. The molecule has 2 aromatic rings. The Morgan fingerprint density at radius 1 is 1.21 bits per heavy atom. The number of aliphatic hydroxyl groups is 1. The smallest absolute Gasteiger partial charge is 0.247 e. The van der Waals surface area contributed by atoms with Crippen LogP contribution in [0.5, 0.6) is 0 Å². The summed E-state index contributed by atoms with van der Waals surface area (Å²) in [4.78, 5) is 0. The summed E-state index contributed by atoms with van der Waals surface area (Å²) in [6, 6.07) is 9.69. The standard InChI is InChI=1S/C13H17N5O/c19-13(8-4-5-9-13)10-14-12-15-16-17-18(12)11-6-2-1-3-7-11/h1-3,6-7,19H,4-5,8-10H2,(H,14,15,17). The molecule has 1 aromatic heterocycles. The quantitative estimate of drug-likeness (QED) is 0.867. The highest BCUT2D eigenvalue weighted by atomic mass is 16.3. The average Bonchev–Trinajstić information content (AvgIpc) is 3.07. The molecular weight excluding hydrogens is 242 g/mol. The van der Waals surface area contributed by atoms with Crippen LogP contribution in [0.1, 0.15) is 25.7 Å². The molecular formula is C13H17N5O. The Labute approximate surface area is 111 Å². The van der Waals surface area contributed by atoms with Crippen molar-refractivity contribution in [2.45, 2.75) is 31.3 Å². The molecule has 1 fully saturated rings. The number of para-hydroxylation sites is 1. The van der Waals surface area contributed by atoms with Crippen LogP contribution < -0.4 is 5.32 Å². The van der Waals surface area contributed by atoms with Crippen molar-refractivity contribution in [3.05, 3.63) is 30.3 Å². The zero-order chi connectivity index (χ0) is 13.1. The minimum absolute atomic E-state index is 0.486. The molecule has 0 bridgehead atoms. The number of aromatic nitrogens is 4. The van der Waals surface area contributed by atoms with Gasteiger partial charge in [-0.1, -0.05) is 36.1 Å². The summed E-state index contributed by atoms with van der Waals surface area (Å²) in [5, 5.41) is 25.1. The predicted octanol–water partition coefficient (Wildman–Crippen LogP) is 1.38. The number of hydrogen-bond acceptors (Lipinski definition) is 5. The van der Waals surface area contributed by atoms with E-state index in [1.165, 1.54) is 0 Å². The first-order chi connectivity index (χ1) is 9.27. The van der Waals surface area contributed by atoms with Gasteiger partial charge < -0.3 is 10.4 Å². The number of tetrazole rings is 1. The van der Waals surface area contributed by atoms with Crippen LogP contribution in [0.15, 0.2) is 30.3 Å². The summed E-state index contributed by atoms with van der Waals surface area (Å²) >= 11 is 0. The normalized spacial score (nSPS) is 17.5. The molecule has 0 atom stereocenters. The summed E-state index contributed by atoms with van der Waals surface area (Å²) in [5.74, 6) is 0.562. The number of anilines is 1. The number of hydrogen-bond donors (Lipinski definition) is 2. The Morgan fingerprint density at radius 2 is 1.95 bits per heavy atom. The van der Waals surface area contributed by atoms with Gasteiger partial charge in [-0.15, -0.1) is 0 Å². The van der Waals surface area contributed by atoms with Gasteiger partial charge in [0.15, 0.2) is 0 Å². The minimum Gasteiger partial charge on any atom is -0.388 e. The van der Waals surface area contributed by atoms with Gasteiger partial charge >= 0.3 is 0 Å². The van der Waals surface area contributed by atoms with Gasteiger partial charge in [0, 0.05) is 6.54 Å². The van der Waals surface area contributed by atoms with Crippen LogP contribution in [0.25, 0.3) is 5.69 Å². The Morgan fingerprint density at radius 3 is 2.68 bits per heavy atom. The van der Waals surface area contributed by atoms with Gasteiger partial charge in [-0.25, -0.2) is 0 Å². The molecule has 19 heavy (non-hydrogen) atoms. The SMILES string of the molecule is OC1(CNc2nnnn2-c2ccccc2)CCCC1. The van der Waals surface area contributed by atoms with Crippen molar-refractivity contribution in [1.82, 2.24) is 20.2 Å². The fourth-order valence-electron chi connectivity index (χ4n) is 2.49. The van der Waals surface area contributed by atoms with E-state index in [9.17, 15) is 5.11 Å². The number of rotatable bonds is 4. The molecule has 2 N–H and O–H groups in total. The highest BCUT2D eigenvalue weighted by molar-refractivity contribution is 5.38. The fraction of sp³-hybridized carbons (Fsp3) is 0.462. The lowest BCUT2D eigenvalue weighted by Gasteiger charge is -2.22. The first-order valence-corrected chi connectivity index (χ1v) is 6.57. The Kier molecular flexibility index (Phi) is 3.16. The molecule has 1 aliphatic rings. The summed E-state index contributed by atoms with van der Waals surface area (Å²) in [6.45, 7) is 0.486. The zero-order valence-electron chi connectivity index (χ0n) is 10.7. The van der Waals surface area contributed by atoms with E-state index in [-0.39, 0.29) is 0 Å². The van der Waals surface area contributed by atoms with Gasteiger partial charge in [0.05, 0.1) is 11.3 Å². The van der Waals surface area contributed by atoms with Crippen LogP contribution in [0.3, 0.4) is 0 Å². The summed E-state index contributed by atoms with van der Waals surface area (Å²) in [5.41, 5.74) is 0.279. The van der Waals surface area contributed by atoms with Gasteiger partial charge in [0.25, 0.3) is 0 Å². The van der Waals surface area contributed by atoms with Crippen LogP contribution >= 0.6 is 0 Å². The lowest BCUT2D eigenvalue weighted by molar-refractivity contribution is 0.0612. The molecule has 0 aliphatic heterocycles. The molecule has 1 heterocycles. The largest absolute Gasteiger partial charge is 0.388 e. The van der Waals surface area contributed by atoms with Crippen LogP contribution in [0.4, 0.5) is 5.95 Å². The van der Waals surface area contributed by atoms with Crippen molar-refractivity contribution in [3.63, 3.8) is 0 Å². The van der Waals surface area contributed by atoms with E-state index >= 15 is 0 Å². The summed E-state index contributed by atoms with van der Waals surface area (Å²) in [7, 11) is 0. The molecule has 100 valence electrons. The summed E-state index contributed by atoms with van der Waals surface area (Å²) < 4.78 is 1.64. The molecule has 0 radical (unpaired) electrons. The van der Waals surface area contributed by atoms with E-state index in [1.54, 1.807) is 4.68 Å². The Hall–Kier alpha value is -1.95. The highest BCUT2D eigenvalue weighted by Gasteiger charge is 2.31. The Balaban J connectivity index is 1.74. The van der Waals surface area contributed by atoms with Gasteiger partial charge in [-0.2, -0.15) is 4.68 Å².